The van der Waals surface area contributed by atoms with E-state index in [0.29, 0.717) is 6.10 Å². The first-order valence-corrected chi connectivity index (χ1v) is 2.61. The van der Waals surface area contributed by atoms with Gasteiger partial charge in [-0.3, -0.25) is 0 Å². The van der Waals surface area contributed by atoms with Crippen molar-refractivity contribution in [1.29, 1.82) is 0 Å². The molecular formula is C6H13OZr. The minimum absolute atomic E-state index is 0. The van der Waals surface area contributed by atoms with Crippen molar-refractivity contribution in [3.05, 3.63) is 6.92 Å². The van der Waals surface area contributed by atoms with Crippen LogP contribution < -0.4 is 0 Å². The summed E-state index contributed by atoms with van der Waals surface area (Å²) in [6.45, 7) is 9.59. The van der Waals surface area contributed by atoms with Crippen molar-refractivity contribution in [3.63, 3.8) is 0 Å². The standard InChI is InChI=1S/C6H13O.Zr/c1-5(2)7-6(3)4;/h5-6H,1H2,2-4H3;. The molecule has 1 atom stereocenters. The fourth-order valence-corrected chi connectivity index (χ4v) is 0.465. The van der Waals surface area contributed by atoms with Gasteiger partial charge in [-0.1, -0.05) is 0 Å². The Morgan fingerprint density at radius 1 is 1.25 bits per heavy atom. The number of hydrogen-bond acceptors (Lipinski definition) is 1. The summed E-state index contributed by atoms with van der Waals surface area (Å²) in [5.74, 6) is 0. The molecule has 0 fully saturated rings. The van der Waals surface area contributed by atoms with E-state index in [0.717, 1.165) is 0 Å². The average Bonchev–Trinajstić information content (AvgIpc) is 1.27. The molecule has 0 aromatic carbocycles. The minimum Gasteiger partial charge on any atom is -0.376 e. The molecule has 0 aromatic heterocycles. The van der Waals surface area contributed by atoms with Crippen LogP contribution in [0.1, 0.15) is 20.8 Å². The quantitative estimate of drug-likeness (QED) is 0.646. The Kier molecular flexibility index (Phi) is 8.67. The van der Waals surface area contributed by atoms with E-state index in [2.05, 4.69) is 6.92 Å². The second kappa shape index (κ2) is 5.97. The van der Waals surface area contributed by atoms with Gasteiger partial charge in [0.1, 0.15) is 0 Å². The summed E-state index contributed by atoms with van der Waals surface area (Å²) in [7, 11) is 0. The molecule has 47 valence electrons. The fourth-order valence-electron chi connectivity index (χ4n) is 0.465. The van der Waals surface area contributed by atoms with Crippen LogP contribution in [0, 0.1) is 6.92 Å². The average molecular weight is 192 g/mol. The van der Waals surface area contributed by atoms with Gasteiger partial charge in [-0.15, -0.1) is 0 Å². The Hall–Kier alpha value is 0.843. The third kappa shape index (κ3) is 9.96. The third-order valence-corrected chi connectivity index (χ3v) is 0.504. The molecule has 0 saturated heterocycles. The first-order chi connectivity index (χ1) is 3.13. The summed E-state index contributed by atoms with van der Waals surface area (Å²) in [6.07, 6.45) is 0.437. The first-order valence-electron chi connectivity index (χ1n) is 2.61. The van der Waals surface area contributed by atoms with Gasteiger partial charge in [-0.25, -0.2) is 0 Å². The van der Waals surface area contributed by atoms with Crippen LogP contribution in [0.3, 0.4) is 0 Å². The Balaban J connectivity index is 0. The number of ether oxygens (including phenoxy) is 1. The number of rotatable bonds is 2. The van der Waals surface area contributed by atoms with Crippen molar-refractivity contribution in [2.75, 3.05) is 0 Å². The van der Waals surface area contributed by atoms with E-state index < -0.39 is 0 Å². The SMILES string of the molecule is [CH2]C(C)OC(C)C.[Zr]. The molecule has 1 unspecified atom stereocenters. The van der Waals surface area contributed by atoms with Crippen LogP contribution in [0.15, 0.2) is 0 Å². The van der Waals surface area contributed by atoms with Gasteiger partial charge < -0.3 is 4.74 Å². The molecule has 0 amide bonds. The molecule has 0 spiro atoms. The largest absolute Gasteiger partial charge is 0.376 e. The molecule has 0 aliphatic rings. The van der Waals surface area contributed by atoms with Crippen molar-refractivity contribution in [3.8, 4) is 0 Å². The molecule has 0 aliphatic heterocycles. The van der Waals surface area contributed by atoms with Crippen LogP contribution in [0.2, 0.25) is 0 Å². The normalized spacial score (nSPS) is 9.75. The second-order valence-electron chi connectivity index (χ2n) is 2.00. The van der Waals surface area contributed by atoms with Gasteiger partial charge in [-0.05, 0) is 27.7 Å². The summed E-state index contributed by atoms with van der Waals surface area (Å²) in [5, 5.41) is 0. The third-order valence-electron chi connectivity index (χ3n) is 0.504. The minimum atomic E-state index is 0. The zero-order chi connectivity index (χ0) is 5.86. The topological polar surface area (TPSA) is 9.23 Å². The van der Waals surface area contributed by atoms with Crippen molar-refractivity contribution in [1.82, 2.24) is 0 Å². The van der Waals surface area contributed by atoms with Gasteiger partial charge in [0.05, 0.1) is 12.2 Å². The van der Waals surface area contributed by atoms with E-state index in [1.165, 1.54) is 0 Å². The van der Waals surface area contributed by atoms with E-state index in [-0.39, 0.29) is 32.3 Å². The summed E-state index contributed by atoms with van der Waals surface area (Å²) in [4.78, 5) is 0. The maximum Gasteiger partial charge on any atom is 0.0551 e. The molecule has 0 heterocycles. The molecule has 0 N–H and O–H groups in total. The predicted molar refractivity (Wildman–Crippen MR) is 31.0 cm³/mol. The fraction of sp³-hybridized carbons (Fsp3) is 0.833. The van der Waals surface area contributed by atoms with Gasteiger partial charge in [0.25, 0.3) is 0 Å². The van der Waals surface area contributed by atoms with Crippen LogP contribution >= 0.6 is 0 Å². The molecule has 0 rings (SSSR count). The van der Waals surface area contributed by atoms with Crippen LogP contribution in [0.25, 0.3) is 0 Å². The molecule has 2 heteroatoms. The van der Waals surface area contributed by atoms with Gasteiger partial charge in [-0.2, -0.15) is 0 Å². The molecule has 0 aromatic rings. The smallest absolute Gasteiger partial charge is 0.0551 e. The summed E-state index contributed by atoms with van der Waals surface area (Å²) in [6, 6.07) is 0. The predicted octanol–water partition coefficient (Wildman–Crippen LogP) is 1.63. The van der Waals surface area contributed by atoms with Gasteiger partial charge in [0.2, 0.25) is 0 Å². The molecule has 1 radical (unpaired) electrons. The molecule has 8 heavy (non-hydrogen) atoms. The maximum absolute atomic E-state index is 5.14. The van der Waals surface area contributed by atoms with Crippen LogP contribution in [0.5, 0.6) is 0 Å². The van der Waals surface area contributed by atoms with E-state index in [1.807, 2.05) is 20.8 Å². The Labute approximate surface area is 70.9 Å². The molecule has 0 bridgehead atoms. The van der Waals surface area contributed by atoms with E-state index in [1.54, 1.807) is 0 Å². The van der Waals surface area contributed by atoms with E-state index in [9.17, 15) is 0 Å². The van der Waals surface area contributed by atoms with Crippen LogP contribution in [-0.2, 0) is 30.9 Å². The van der Waals surface area contributed by atoms with Crippen LogP contribution in [0.4, 0.5) is 0 Å². The van der Waals surface area contributed by atoms with E-state index >= 15 is 0 Å². The summed E-state index contributed by atoms with van der Waals surface area (Å²) >= 11 is 0. The number of hydrogen-bond donors (Lipinski definition) is 0. The van der Waals surface area contributed by atoms with Gasteiger partial charge >= 0.3 is 0 Å². The maximum atomic E-state index is 5.14. The molecule has 0 saturated carbocycles. The zero-order valence-electron chi connectivity index (χ0n) is 5.77. The Bertz CT molecular complexity index is 37.8. The molecular weight excluding hydrogens is 179 g/mol. The van der Waals surface area contributed by atoms with Crippen molar-refractivity contribution >= 4 is 0 Å². The monoisotopic (exact) mass is 191 g/mol. The van der Waals surface area contributed by atoms with E-state index in [4.69, 9.17) is 4.74 Å². The molecule has 1 nitrogen and oxygen atoms in total. The van der Waals surface area contributed by atoms with Crippen molar-refractivity contribution < 1.29 is 30.9 Å². The zero-order valence-corrected chi connectivity index (χ0v) is 8.23. The van der Waals surface area contributed by atoms with Crippen molar-refractivity contribution in [2.24, 2.45) is 0 Å². The second-order valence-corrected chi connectivity index (χ2v) is 2.00. The van der Waals surface area contributed by atoms with Crippen molar-refractivity contribution in [2.45, 2.75) is 33.0 Å². The Morgan fingerprint density at radius 2 is 1.62 bits per heavy atom. The van der Waals surface area contributed by atoms with Gasteiger partial charge in [0, 0.05) is 26.2 Å². The summed E-state index contributed by atoms with van der Waals surface area (Å²) in [5.41, 5.74) is 0. The summed E-state index contributed by atoms with van der Waals surface area (Å²) < 4.78 is 5.14. The van der Waals surface area contributed by atoms with Crippen LogP contribution in [-0.4, -0.2) is 12.2 Å². The first kappa shape index (κ1) is 11.6. The molecule has 0 aliphatic carbocycles. The Morgan fingerprint density at radius 3 is 1.62 bits per heavy atom. The van der Waals surface area contributed by atoms with Gasteiger partial charge in [0.15, 0.2) is 0 Å².